The lowest BCUT2D eigenvalue weighted by Crippen LogP contribution is -1.96. The molecular formula is C50H28N2S2. The highest BCUT2D eigenvalue weighted by Gasteiger charge is 2.21. The van der Waals surface area contributed by atoms with Crippen LogP contribution in [0.25, 0.3) is 96.0 Å². The molecule has 4 heteroatoms. The fraction of sp³-hybridized carbons (Fsp3) is 0. The molecule has 0 fully saturated rings. The Kier molecular flexibility index (Phi) is 7.67. The zero-order valence-corrected chi connectivity index (χ0v) is 30.5. The van der Waals surface area contributed by atoms with Gasteiger partial charge in [0.25, 0.3) is 0 Å². The smallest absolute Gasteiger partial charge is 0.100 e. The predicted octanol–water partition coefficient (Wildman–Crippen LogP) is 14.5. The molecule has 0 aliphatic heterocycles. The molecule has 2 nitrogen and oxygen atoms in total. The molecule has 250 valence electrons. The highest BCUT2D eigenvalue weighted by molar-refractivity contribution is 7.26. The van der Waals surface area contributed by atoms with Crippen LogP contribution in [0.3, 0.4) is 0 Å². The molecule has 0 unspecified atom stereocenters. The molecule has 8 aromatic carbocycles. The second kappa shape index (κ2) is 13.0. The lowest BCUT2D eigenvalue weighted by Gasteiger charge is -2.18. The number of thiophene rings is 2. The number of hydrogen-bond acceptors (Lipinski definition) is 4. The number of nitrogens with zero attached hydrogens (tertiary/aromatic N) is 2. The van der Waals surface area contributed by atoms with Gasteiger partial charge in [0.1, 0.15) is 12.1 Å². The van der Waals surface area contributed by atoms with Gasteiger partial charge in [0.15, 0.2) is 0 Å². The molecule has 10 rings (SSSR count). The van der Waals surface area contributed by atoms with Gasteiger partial charge >= 0.3 is 0 Å². The highest BCUT2D eigenvalue weighted by atomic mass is 32.1. The van der Waals surface area contributed by atoms with Crippen LogP contribution >= 0.6 is 22.7 Å². The van der Waals surface area contributed by atoms with Crippen LogP contribution in [0.5, 0.6) is 0 Å². The van der Waals surface area contributed by atoms with E-state index < -0.39 is 0 Å². The Hall–Kier alpha value is -6.82. The van der Waals surface area contributed by atoms with Crippen molar-refractivity contribution in [1.82, 2.24) is 0 Å². The molecule has 0 bridgehead atoms. The van der Waals surface area contributed by atoms with E-state index in [9.17, 15) is 10.5 Å². The van der Waals surface area contributed by atoms with Crippen LogP contribution in [0.2, 0.25) is 0 Å². The van der Waals surface area contributed by atoms with Gasteiger partial charge in [-0.15, -0.1) is 22.7 Å². The van der Waals surface area contributed by atoms with E-state index in [0.717, 1.165) is 55.6 Å². The summed E-state index contributed by atoms with van der Waals surface area (Å²) < 4.78 is 4.89. The first-order chi connectivity index (χ1) is 26.7. The molecule has 54 heavy (non-hydrogen) atoms. The average molecular weight is 721 g/mol. The molecule has 0 radical (unpaired) electrons. The molecule has 0 aliphatic carbocycles. The van der Waals surface area contributed by atoms with Gasteiger partial charge in [-0.25, -0.2) is 0 Å². The van der Waals surface area contributed by atoms with Crippen LogP contribution in [-0.2, 0) is 0 Å². The fourth-order valence-corrected chi connectivity index (χ4v) is 9.97. The molecule has 0 saturated carbocycles. The first-order valence-electron chi connectivity index (χ1n) is 17.8. The third-order valence-corrected chi connectivity index (χ3v) is 12.7. The summed E-state index contributed by atoms with van der Waals surface area (Å²) in [5.41, 5.74) is 10.5. The Morgan fingerprint density at radius 3 is 1.19 bits per heavy atom. The zero-order chi connectivity index (χ0) is 36.2. The topological polar surface area (TPSA) is 47.6 Å². The summed E-state index contributed by atoms with van der Waals surface area (Å²) in [6.07, 6.45) is 0. The minimum absolute atomic E-state index is 0.598. The Labute approximate surface area is 320 Å². The van der Waals surface area contributed by atoms with E-state index in [2.05, 4.69) is 146 Å². The van der Waals surface area contributed by atoms with Crippen molar-refractivity contribution in [3.63, 3.8) is 0 Å². The van der Waals surface area contributed by atoms with Crippen LogP contribution in [0.4, 0.5) is 0 Å². The Morgan fingerprint density at radius 1 is 0.296 bits per heavy atom. The van der Waals surface area contributed by atoms with E-state index >= 15 is 0 Å². The maximum atomic E-state index is 11.1. The summed E-state index contributed by atoms with van der Waals surface area (Å²) in [5, 5.41) is 26.8. The van der Waals surface area contributed by atoms with Crippen LogP contribution in [-0.4, -0.2) is 0 Å². The maximum Gasteiger partial charge on any atom is 0.100 e. The fourth-order valence-electron chi connectivity index (χ4n) is 7.79. The van der Waals surface area contributed by atoms with E-state index in [4.69, 9.17) is 0 Å². The third kappa shape index (κ3) is 5.28. The molecule has 0 aliphatic rings. The van der Waals surface area contributed by atoms with E-state index in [1.165, 1.54) is 40.3 Å². The zero-order valence-electron chi connectivity index (χ0n) is 28.9. The Morgan fingerprint density at radius 2 is 0.685 bits per heavy atom. The number of fused-ring (bicyclic) bond motifs is 6. The van der Waals surface area contributed by atoms with Gasteiger partial charge in [-0.2, -0.15) is 10.5 Å². The van der Waals surface area contributed by atoms with E-state index in [-0.39, 0.29) is 0 Å². The molecule has 10 aromatic rings. The van der Waals surface area contributed by atoms with Gasteiger partial charge in [0.2, 0.25) is 0 Å². The van der Waals surface area contributed by atoms with Crippen LogP contribution < -0.4 is 0 Å². The van der Waals surface area contributed by atoms with Crippen molar-refractivity contribution in [3.8, 4) is 67.8 Å². The highest BCUT2D eigenvalue weighted by Crippen LogP contribution is 2.45. The lowest BCUT2D eigenvalue weighted by molar-refractivity contribution is 1.45. The summed E-state index contributed by atoms with van der Waals surface area (Å²) in [4.78, 5) is 0. The molecule has 2 aromatic heterocycles. The molecule has 2 heterocycles. The van der Waals surface area contributed by atoms with Gasteiger partial charge in [0.05, 0.1) is 11.1 Å². The number of benzene rings is 8. The van der Waals surface area contributed by atoms with Gasteiger partial charge < -0.3 is 0 Å². The maximum absolute atomic E-state index is 11.1. The number of rotatable bonds is 5. The normalized spacial score (nSPS) is 11.3. The number of hydrogen-bond donors (Lipinski definition) is 0. The van der Waals surface area contributed by atoms with Crippen molar-refractivity contribution in [2.75, 3.05) is 0 Å². The monoisotopic (exact) mass is 720 g/mol. The summed E-state index contributed by atoms with van der Waals surface area (Å²) in [7, 11) is 0. The van der Waals surface area contributed by atoms with Crippen molar-refractivity contribution < 1.29 is 0 Å². The predicted molar refractivity (Wildman–Crippen MR) is 229 cm³/mol. The second-order valence-corrected chi connectivity index (χ2v) is 15.6. The van der Waals surface area contributed by atoms with Crippen LogP contribution in [0, 0.1) is 22.7 Å². The summed E-state index contributed by atoms with van der Waals surface area (Å²) in [6, 6.07) is 64.3. The first kappa shape index (κ1) is 31.9. The molecule has 0 atom stereocenters. The van der Waals surface area contributed by atoms with Gasteiger partial charge in [-0.1, -0.05) is 109 Å². The van der Waals surface area contributed by atoms with Crippen LogP contribution in [0.1, 0.15) is 11.1 Å². The van der Waals surface area contributed by atoms with Crippen molar-refractivity contribution in [2.24, 2.45) is 0 Å². The number of nitriles is 2. The molecule has 0 N–H and O–H groups in total. The third-order valence-electron chi connectivity index (χ3n) is 10.4. The van der Waals surface area contributed by atoms with E-state index in [0.29, 0.717) is 11.1 Å². The first-order valence-corrected chi connectivity index (χ1v) is 19.4. The molecule has 0 spiro atoms. The van der Waals surface area contributed by atoms with Crippen molar-refractivity contribution in [2.45, 2.75) is 0 Å². The standard InChI is InChI=1S/C50H28N2S2/c51-29-45-39(32-13-5-2-6-14-32)25-35(31-11-3-1-4-12-31)26-42(45)36-27-40(33-19-21-49-43(23-33)37-15-7-9-17-47(37)53-49)46(30-52)41(28-36)34-20-22-50-44(24-34)38-16-8-10-18-48(38)54-50/h1-28H. The SMILES string of the molecule is N#Cc1c(-c2ccccc2)cc(-c2ccccc2)cc1-c1cc(-c2ccc3sc4ccccc4c3c2)c(C#N)c(-c2ccc3sc4ccccc4c3c2)c1. The van der Waals surface area contributed by atoms with Crippen molar-refractivity contribution in [1.29, 1.82) is 10.5 Å². The molecular weight excluding hydrogens is 693 g/mol. The van der Waals surface area contributed by atoms with Crippen molar-refractivity contribution >= 4 is 63.0 Å². The van der Waals surface area contributed by atoms with Crippen molar-refractivity contribution in [3.05, 3.63) is 181 Å². The van der Waals surface area contributed by atoms with E-state index in [1.54, 1.807) is 22.7 Å². The summed E-state index contributed by atoms with van der Waals surface area (Å²) >= 11 is 3.56. The average Bonchev–Trinajstić information content (AvgIpc) is 3.81. The quantitative estimate of drug-likeness (QED) is 0.178. The van der Waals surface area contributed by atoms with Gasteiger partial charge in [0, 0.05) is 62.6 Å². The Bertz CT molecular complexity index is 3040. The van der Waals surface area contributed by atoms with E-state index in [1.807, 2.05) is 36.4 Å². The second-order valence-electron chi connectivity index (χ2n) is 13.5. The lowest BCUT2D eigenvalue weighted by atomic mass is 9.84. The summed E-state index contributed by atoms with van der Waals surface area (Å²) in [6.45, 7) is 0. The largest absolute Gasteiger partial charge is 0.192 e. The van der Waals surface area contributed by atoms with Gasteiger partial charge in [-0.3, -0.25) is 0 Å². The van der Waals surface area contributed by atoms with Crippen LogP contribution in [0.15, 0.2) is 170 Å². The van der Waals surface area contributed by atoms with Gasteiger partial charge in [-0.05, 0) is 94.0 Å². The Balaban J connectivity index is 1.29. The summed E-state index contributed by atoms with van der Waals surface area (Å²) in [5.74, 6) is 0. The minimum atomic E-state index is 0.598. The molecule has 0 amide bonds. The molecule has 0 saturated heterocycles. The minimum Gasteiger partial charge on any atom is -0.192 e.